The third-order valence-corrected chi connectivity index (χ3v) is 24.0. The molecule has 0 N–H and O–H groups in total. The molecule has 0 aliphatic heterocycles. The van der Waals surface area contributed by atoms with Gasteiger partial charge in [0.25, 0.3) is 5.92 Å². The maximum Gasteiger partial charge on any atom is 0.392 e. The number of halogens is 31. The molecule has 0 amide bonds. The van der Waals surface area contributed by atoms with Crippen molar-refractivity contribution in [2.75, 3.05) is 0 Å². The lowest BCUT2D eigenvalue weighted by atomic mass is 9.57. The van der Waals surface area contributed by atoms with Gasteiger partial charge in [0, 0.05) is 14.6 Å². The Bertz CT molecular complexity index is 2430. The van der Waals surface area contributed by atoms with Gasteiger partial charge in [0.05, 0.1) is 47.3 Å². The highest BCUT2D eigenvalue weighted by Gasteiger charge is 2.88. The van der Waals surface area contributed by atoms with Gasteiger partial charge in [0.15, 0.2) is 0 Å². The number of hydrogen-bond acceptors (Lipinski definition) is 0. The molecular weight excluding hydrogens is 1450 g/mol. The van der Waals surface area contributed by atoms with Gasteiger partial charge in [-0.2, -0.15) is 110 Å². The second-order valence-corrected chi connectivity index (χ2v) is 32.5. The third kappa shape index (κ3) is 26.2. The first kappa shape index (κ1) is 95.0. The summed E-state index contributed by atoms with van der Waals surface area (Å²) < 4.78 is 409. The first-order chi connectivity index (χ1) is 46.5. The normalized spacial score (nSPS) is 43.7. The van der Waals surface area contributed by atoms with Crippen molar-refractivity contribution in [1.29, 1.82) is 0 Å². The van der Waals surface area contributed by atoms with Crippen molar-refractivity contribution >= 4 is 0 Å². The van der Waals surface area contributed by atoms with E-state index < -0.39 is 180 Å². The minimum Gasteiger partial charge on any atom is -0.247 e. The molecule has 8 fully saturated rings. The van der Waals surface area contributed by atoms with Crippen LogP contribution in [0.5, 0.6) is 0 Å². The van der Waals surface area contributed by atoms with E-state index in [0.29, 0.717) is 38.0 Å². The average molecular weight is 1570 g/mol. The number of alkyl halides is 31. The van der Waals surface area contributed by atoms with Crippen molar-refractivity contribution < 1.29 is 139 Å². The molecule has 0 aromatic carbocycles. The molecule has 8 saturated carbocycles. The van der Waals surface area contributed by atoms with Gasteiger partial charge in [0.2, 0.25) is 5.67 Å². The summed E-state index contributed by atoms with van der Waals surface area (Å²) in [5.41, 5.74) is -4.52. The van der Waals surface area contributed by atoms with Crippen LogP contribution >= 0.6 is 0 Å². The van der Waals surface area contributed by atoms with Crippen molar-refractivity contribution in [3.63, 3.8) is 0 Å². The lowest BCUT2D eigenvalue weighted by Gasteiger charge is -2.50. The maximum absolute atomic E-state index is 13.0. The van der Waals surface area contributed by atoms with Gasteiger partial charge in [-0.15, -0.1) is 0 Å². The Balaban J connectivity index is 0.000000608. The zero-order chi connectivity index (χ0) is 83.4. The van der Waals surface area contributed by atoms with Crippen LogP contribution in [-0.2, 0) is 0 Å². The van der Waals surface area contributed by atoms with Crippen LogP contribution in [0.4, 0.5) is 136 Å². The fourth-order valence-corrected chi connectivity index (χ4v) is 16.9. The first-order valence-corrected chi connectivity index (χ1v) is 35.7. The fraction of sp³-hybridized carbons (Fsp3) is 1.00. The Kier molecular flexibility index (Phi) is 34.4. The summed E-state index contributed by atoms with van der Waals surface area (Å²) >= 11 is 0. The van der Waals surface area contributed by atoms with Gasteiger partial charge in [-0.25, -0.2) is 26.3 Å². The summed E-state index contributed by atoms with van der Waals surface area (Å²) in [4.78, 5) is 0. The largest absolute Gasteiger partial charge is 0.392 e. The van der Waals surface area contributed by atoms with E-state index in [-0.39, 0.29) is 62.7 Å². The monoisotopic (exact) mass is 1570 g/mol. The summed E-state index contributed by atoms with van der Waals surface area (Å²) in [5.74, 6) is -38.0. The van der Waals surface area contributed by atoms with Crippen LogP contribution in [0, 0.1) is 148 Å². The molecule has 0 spiro atoms. The van der Waals surface area contributed by atoms with Crippen molar-refractivity contribution in [1.82, 2.24) is 0 Å². The van der Waals surface area contributed by atoms with Crippen LogP contribution in [0.2, 0.25) is 0 Å². The van der Waals surface area contributed by atoms with Crippen LogP contribution < -0.4 is 0 Å². The molecule has 8 aliphatic carbocycles. The molecule has 0 bridgehead atoms. The van der Waals surface area contributed by atoms with E-state index in [1.54, 1.807) is 20.8 Å². The Morgan fingerprint density at radius 3 is 0.874 bits per heavy atom. The fourth-order valence-electron chi connectivity index (χ4n) is 16.9. The summed E-state index contributed by atoms with van der Waals surface area (Å²) in [7, 11) is 0. The average Bonchev–Trinajstić information content (AvgIpc) is 1.55. The summed E-state index contributed by atoms with van der Waals surface area (Å²) in [6.07, 6.45) is -27.3. The zero-order valence-electron chi connectivity index (χ0n) is 64.1. The molecule has 21 unspecified atom stereocenters. The van der Waals surface area contributed by atoms with Gasteiger partial charge in [-0.05, 0) is 147 Å². The SMILES string of the molecule is CC1C(C(F)(F)F)C(C(F)(F)F)C(C)[C@@H](C)C1C(F)(F)F.CC1C(F)C(F)[C@@H](C)C1F.CC1CC(C(F)(F)F)C[C@@H](C)C1.CC1CCCC(C)C1C.CC1C[C@H](C)CC(C(F)(F)F)C1C(F)(F)F.C[C@H]1C(F)(F)C(C)(F)C(F)(F)C1(F)F.[2H]C1(C)C(C)CCCC1C.[2H][C@]1(C)CC(C)CC(C(F)(F)F)C1. The van der Waals surface area contributed by atoms with E-state index in [1.165, 1.54) is 59.3 Å². The molecule has 618 valence electrons. The molecule has 0 aromatic heterocycles. The summed E-state index contributed by atoms with van der Waals surface area (Å²) in [6, 6.07) is 0. The highest BCUT2D eigenvalue weighted by molar-refractivity contribution is 5.19. The van der Waals surface area contributed by atoms with E-state index in [1.807, 2.05) is 13.8 Å². The quantitative estimate of drug-likeness (QED) is 0.212. The van der Waals surface area contributed by atoms with Gasteiger partial charge in [-0.3, -0.25) is 0 Å². The van der Waals surface area contributed by atoms with Crippen LogP contribution in [0.1, 0.15) is 224 Å². The molecule has 31 heteroatoms. The zero-order valence-corrected chi connectivity index (χ0v) is 62.1. The lowest BCUT2D eigenvalue weighted by Crippen LogP contribution is -2.57. The van der Waals surface area contributed by atoms with Crippen molar-refractivity contribution in [2.45, 2.75) is 307 Å². The Morgan fingerprint density at radius 1 is 0.291 bits per heavy atom. The lowest BCUT2D eigenvalue weighted by molar-refractivity contribution is -0.321. The van der Waals surface area contributed by atoms with E-state index in [0.717, 1.165) is 38.0 Å². The molecule has 8 aliphatic rings. The molecular formula is C72H113F31. The molecule has 8 rings (SSSR count). The molecule has 0 radical (unpaired) electrons. The molecule has 0 saturated heterocycles. The van der Waals surface area contributed by atoms with Crippen LogP contribution in [0.15, 0.2) is 0 Å². The molecule has 27 atom stereocenters. The van der Waals surface area contributed by atoms with Crippen molar-refractivity contribution in [3.8, 4) is 0 Å². The first-order valence-electron chi connectivity index (χ1n) is 36.7. The van der Waals surface area contributed by atoms with Gasteiger partial charge < -0.3 is 0 Å². The van der Waals surface area contributed by atoms with Gasteiger partial charge in [0.1, 0.15) is 18.5 Å². The predicted molar refractivity (Wildman–Crippen MR) is 335 cm³/mol. The summed E-state index contributed by atoms with van der Waals surface area (Å²) in [5, 5.41) is 0. The van der Waals surface area contributed by atoms with E-state index in [9.17, 15) is 136 Å². The smallest absolute Gasteiger partial charge is 0.247 e. The number of hydrogen-bond donors (Lipinski definition) is 0. The molecule has 0 aromatic rings. The Morgan fingerprint density at radius 2 is 0.612 bits per heavy atom. The van der Waals surface area contributed by atoms with Crippen LogP contribution in [-0.4, -0.2) is 85.2 Å². The second kappa shape index (κ2) is 37.2. The second-order valence-electron chi connectivity index (χ2n) is 32.5. The summed E-state index contributed by atoms with van der Waals surface area (Å²) in [6.45, 7) is 28.9. The highest BCUT2D eigenvalue weighted by atomic mass is 19.4. The van der Waals surface area contributed by atoms with Crippen molar-refractivity contribution in [2.24, 2.45) is 148 Å². The van der Waals surface area contributed by atoms with Crippen LogP contribution in [0.25, 0.3) is 0 Å². The van der Waals surface area contributed by atoms with Crippen LogP contribution in [0.3, 0.4) is 0 Å². The predicted octanol–water partition coefficient (Wildman–Crippen LogP) is 28.8. The molecule has 103 heavy (non-hydrogen) atoms. The number of rotatable bonds is 0. The van der Waals surface area contributed by atoms with E-state index in [2.05, 4.69) is 41.5 Å². The van der Waals surface area contributed by atoms with Crippen molar-refractivity contribution in [3.05, 3.63) is 0 Å². The Hall–Kier alpha value is -2.17. The third-order valence-electron chi connectivity index (χ3n) is 24.0. The Labute approximate surface area is 592 Å². The van der Waals surface area contributed by atoms with E-state index in [4.69, 9.17) is 2.74 Å². The standard InChI is InChI=1S/C12H15F9.C10H14F6.2C9H15F3.2C9H18.C7H7F7.C7H11F3/c1-4-5(2)8(11(16,17)18)9(12(19,20)21)6(3)7(4)10(13,14)15;1-5-3-6(2)8(10(14,15)16)7(4-5)9(11,12)13;2*1-6-3-7(2)5-8(4-6)9(10,11)12;2*1-7-5-4-6-8(2)9(7)3;1-3-5(9,10)4(2,8)7(13,14)6(3,11)12;1-3-5(8)4(2)7(10)6(3)9/h4-9H,1-3H3;5-8H,3-4H2,1-2H3;2*6-8H,3-5H2,1-2H3;2*7-9H,4-6H2,1-3H3;3H,1-2H3;3-7H,1-2H3/t4-,5?,6?,7?,8?,9?;5-,6?,7?,8?;2*6-,7?,8?;;;3-,4?;3-,4?,5?,6?,7?/m1000..00/s1/i;;6D;;9D;;;. The minimum absolute atomic E-state index is 0.0166. The topological polar surface area (TPSA) is 0 Å². The van der Waals surface area contributed by atoms with Gasteiger partial charge >= 0.3 is 55.1 Å². The van der Waals surface area contributed by atoms with E-state index >= 15 is 0 Å². The highest BCUT2D eigenvalue weighted by Crippen LogP contribution is 2.65. The van der Waals surface area contributed by atoms with Gasteiger partial charge in [-0.1, -0.05) is 163 Å². The molecule has 0 nitrogen and oxygen atoms in total. The minimum atomic E-state index is -5.36. The molecule has 0 heterocycles. The maximum atomic E-state index is 13.0.